The lowest BCUT2D eigenvalue weighted by Gasteiger charge is -2.27. The van der Waals surface area contributed by atoms with Crippen LogP contribution in [0, 0.1) is 12.3 Å². The predicted molar refractivity (Wildman–Crippen MR) is 74.2 cm³/mol. The summed E-state index contributed by atoms with van der Waals surface area (Å²) in [6.07, 6.45) is 8.62. The molecule has 110 valence electrons. The quantitative estimate of drug-likeness (QED) is 0.752. The van der Waals surface area contributed by atoms with Crippen LogP contribution in [0.25, 0.3) is 0 Å². The summed E-state index contributed by atoms with van der Waals surface area (Å²) < 4.78 is 0. The first-order valence-corrected chi connectivity index (χ1v) is 7.05. The Kier molecular flexibility index (Phi) is 4.85. The maximum Gasteiger partial charge on any atom is 0.323 e. The number of carboxylic acid groups (broad SMARTS) is 1. The van der Waals surface area contributed by atoms with Crippen molar-refractivity contribution in [3.63, 3.8) is 0 Å². The zero-order valence-corrected chi connectivity index (χ0v) is 11.6. The van der Waals surface area contributed by atoms with E-state index < -0.39 is 5.97 Å². The average Bonchev–Trinajstić information content (AvgIpc) is 3.07. The number of rotatable bonds is 4. The van der Waals surface area contributed by atoms with E-state index in [4.69, 9.17) is 11.5 Å². The maximum absolute atomic E-state index is 12.3. The Morgan fingerprint density at radius 2 is 2.00 bits per heavy atom. The van der Waals surface area contributed by atoms with Crippen LogP contribution in [0.5, 0.6) is 0 Å². The summed E-state index contributed by atoms with van der Waals surface area (Å²) in [6, 6.07) is 0.158. The van der Waals surface area contributed by atoms with E-state index in [9.17, 15) is 9.59 Å². The van der Waals surface area contributed by atoms with Crippen molar-refractivity contribution < 1.29 is 14.7 Å². The summed E-state index contributed by atoms with van der Waals surface area (Å²) in [5.41, 5.74) is 0. The Morgan fingerprint density at radius 1 is 1.30 bits per heavy atom. The molecule has 0 aliphatic carbocycles. The van der Waals surface area contributed by atoms with Crippen LogP contribution in [0.2, 0.25) is 0 Å². The van der Waals surface area contributed by atoms with E-state index in [1.54, 1.807) is 4.90 Å². The van der Waals surface area contributed by atoms with Gasteiger partial charge in [-0.05, 0) is 32.4 Å². The third-order valence-corrected chi connectivity index (χ3v) is 3.97. The smallest absolute Gasteiger partial charge is 0.323 e. The highest BCUT2D eigenvalue weighted by molar-refractivity contribution is 5.80. The molecule has 0 radical (unpaired) electrons. The summed E-state index contributed by atoms with van der Waals surface area (Å²) >= 11 is 0. The van der Waals surface area contributed by atoms with E-state index in [2.05, 4.69) is 10.8 Å². The van der Waals surface area contributed by atoms with Crippen LogP contribution < -0.4 is 0 Å². The third kappa shape index (κ3) is 3.42. The molecule has 6 nitrogen and oxygen atoms in total. The molecule has 0 saturated carbocycles. The highest BCUT2D eigenvalue weighted by Gasteiger charge is 2.33. The first-order chi connectivity index (χ1) is 9.61. The number of carboxylic acids is 1. The molecule has 0 aromatic rings. The molecular weight excluding hydrogens is 258 g/mol. The van der Waals surface area contributed by atoms with Crippen LogP contribution in [-0.4, -0.2) is 77.1 Å². The molecule has 2 saturated heterocycles. The molecule has 0 aromatic carbocycles. The van der Waals surface area contributed by atoms with Gasteiger partial charge in [0.2, 0.25) is 0 Å². The van der Waals surface area contributed by atoms with E-state index in [1.807, 2.05) is 0 Å². The molecule has 2 aliphatic rings. The lowest BCUT2D eigenvalue weighted by Crippen LogP contribution is -2.46. The predicted octanol–water partition coefficient (Wildman–Crippen LogP) is 0.296. The van der Waals surface area contributed by atoms with Gasteiger partial charge in [0, 0.05) is 19.1 Å². The second kappa shape index (κ2) is 6.62. The summed E-state index contributed by atoms with van der Waals surface area (Å²) in [5, 5.41) is 8.84. The molecule has 1 atom stereocenters. The number of urea groups is 1. The topological polar surface area (TPSA) is 64.1 Å². The van der Waals surface area contributed by atoms with Crippen molar-refractivity contribution in [3.8, 4) is 12.3 Å². The summed E-state index contributed by atoms with van der Waals surface area (Å²) in [5.74, 6) is 1.31. The average molecular weight is 279 g/mol. The zero-order valence-electron chi connectivity index (χ0n) is 11.6. The third-order valence-electron chi connectivity index (χ3n) is 3.97. The minimum absolute atomic E-state index is 0.0377. The number of carbonyl (C=O) groups excluding carboxylic acids is 1. The molecular formula is C14H21N3O3. The molecule has 20 heavy (non-hydrogen) atoms. The molecule has 2 fully saturated rings. The van der Waals surface area contributed by atoms with Crippen molar-refractivity contribution in [3.05, 3.63) is 0 Å². The SMILES string of the molecule is C#CCN(CC(=O)O)C(=O)N1CCC(N2CCCC2)C1. The number of amides is 2. The Morgan fingerprint density at radius 3 is 2.60 bits per heavy atom. The van der Waals surface area contributed by atoms with E-state index in [0.717, 1.165) is 19.5 Å². The number of likely N-dealkylation sites (tertiary alicyclic amines) is 2. The summed E-state index contributed by atoms with van der Waals surface area (Å²) in [7, 11) is 0. The van der Waals surface area contributed by atoms with Crippen molar-refractivity contribution in [2.45, 2.75) is 25.3 Å². The molecule has 0 aromatic heterocycles. The van der Waals surface area contributed by atoms with Crippen molar-refractivity contribution in [1.29, 1.82) is 0 Å². The number of hydrogen-bond donors (Lipinski definition) is 1. The van der Waals surface area contributed by atoms with E-state index in [0.29, 0.717) is 19.1 Å². The van der Waals surface area contributed by atoms with Crippen LogP contribution in [0.4, 0.5) is 4.79 Å². The van der Waals surface area contributed by atoms with Gasteiger partial charge >= 0.3 is 12.0 Å². The summed E-state index contributed by atoms with van der Waals surface area (Å²) in [6.45, 7) is 3.27. The van der Waals surface area contributed by atoms with Crippen molar-refractivity contribution in [2.75, 3.05) is 39.3 Å². The number of terminal acetylenes is 1. The summed E-state index contributed by atoms with van der Waals surface area (Å²) in [4.78, 5) is 28.5. The lowest BCUT2D eigenvalue weighted by molar-refractivity contribution is -0.137. The lowest BCUT2D eigenvalue weighted by atomic mass is 10.2. The fourth-order valence-corrected chi connectivity index (χ4v) is 2.98. The van der Waals surface area contributed by atoms with E-state index in [1.165, 1.54) is 17.7 Å². The molecule has 2 aliphatic heterocycles. The van der Waals surface area contributed by atoms with Gasteiger partial charge in [0.05, 0.1) is 6.54 Å². The normalized spacial score (nSPS) is 22.8. The number of nitrogens with zero attached hydrogens (tertiary/aromatic N) is 3. The Balaban J connectivity index is 1.91. The number of hydrogen-bond acceptors (Lipinski definition) is 3. The molecule has 2 amide bonds. The van der Waals surface area contributed by atoms with Crippen LogP contribution in [0.3, 0.4) is 0 Å². The van der Waals surface area contributed by atoms with E-state index in [-0.39, 0.29) is 19.1 Å². The second-order valence-electron chi connectivity index (χ2n) is 5.37. The van der Waals surface area contributed by atoms with Gasteiger partial charge in [0.25, 0.3) is 0 Å². The second-order valence-corrected chi connectivity index (χ2v) is 5.37. The zero-order chi connectivity index (χ0) is 14.5. The van der Waals surface area contributed by atoms with Gasteiger partial charge < -0.3 is 14.9 Å². The van der Waals surface area contributed by atoms with Gasteiger partial charge in [-0.15, -0.1) is 6.42 Å². The minimum Gasteiger partial charge on any atom is -0.480 e. The van der Waals surface area contributed by atoms with Crippen LogP contribution >= 0.6 is 0 Å². The Labute approximate surface area is 119 Å². The molecule has 0 spiro atoms. The van der Waals surface area contributed by atoms with Crippen molar-refractivity contribution in [2.24, 2.45) is 0 Å². The van der Waals surface area contributed by atoms with Gasteiger partial charge in [-0.25, -0.2) is 4.79 Å². The standard InChI is InChI=1S/C14H21N3O3/c1-2-6-16(11-13(18)19)14(20)17-9-5-12(10-17)15-7-3-4-8-15/h1,12H,3-11H2,(H,18,19). The number of aliphatic carboxylic acids is 1. The van der Waals surface area contributed by atoms with Gasteiger partial charge in [-0.1, -0.05) is 5.92 Å². The first-order valence-electron chi connectivity index (χ1n) is 7.05. The number of carbonyl (C=O) groups is 2. The van der Waals surface area contributed by atoms with Crippen molar-refractivity contribution >= 4 is 12.0 Å². The van der Waals surface area contributed by atoms with Gasteiger partial charge in [0.15, 0.2) is 0 Å². The maximum atomic E-state index is 12.3. The fourth-order valence-electron chi connectivity index (χ4n) is 2.98. The highest BCUT2D eigenvalue weighted by atomic mass is 16.4. The van der Waals surface area contributed by atoms with Gasteiger partial charge in [-0.3, -0.25) is 9.69 Å². The molecule has 1 unspecified atom stereocenters. The largest absolute Gasteiger partial charge is 0.480 e. The van der Waals surface area contributed by atoms with Crippen LogP contribution in [-0.2, 0) is 4.79 Å². The molecule has 2 rings (SSSR count). The monoisotopic (exact) mass is 279 g/mol. The van der Waals surface area contributed by atoms with Gasteiger partial charge in [0.1, 0.15) is 6.54 Å². The first kappa shape index (κ1) is 14.7. The molecule has 6 heteroatoms. The van der Waals surface area contributed by atoms with E-state index >= 15 is 0 Å². The molecule has 1 N–H and O–H groups in total. The molecule has 0 bridgehead atoms. The highest BCUT2D eigenvalue weighted by Crippen LogP contribution is 2.21. The van der Waals surface area contributed by atoms with Crippen molar-refractivity contribution in [1.82, 2.24) is 14.7 Å². The fraction of sp³-hybridized carbons (Fsp3) is 0.714. The molecule has 2 heterocycles. The minimum atomic E-state index is -1.04. The van der Waals surface area contributed by atoms with Crippen LogP contribution in [0.1, 0.15) is 19.3 Å². The van der Waals surface area contributed by atoms with Crippen LogP contribution in [0.15, 0.2) is 0 Å². The van der Waals surface area contributed by atoms with Gasteiger partial charge in [-0.2, -0.15) is 0 Å². The Hall–Kier alpha value is -1.74. The Bertz CT molecular complexity index is 412.